The number of carbonyl (C=O) groups is 1. The molecule has 1 saturated heterocycles. The number of quaternary nitrogens is 1. The van der Waals surface area contributed by atoms with Crippen molar-refractivity contribution in [2.45, 2.75) is 97.9 Å². The number of rotatable bonds is 13. The molecular weight excluding hydrogens is 312 g/mol. The highest BCUT2D eigenvalue weighted by molar-refractivity contribution is 5.71. The van der Waals surface area contributed by atoms with Gasteiger partial charge in [0.2, 0.25) is 0 Å². The molecule has 0 amide bonds. The number of aliphatic carboxylic acids is 1. The molecule has 0 aromatic carbocycles. The first-order valence-electron chi connectivity index (χ1n) is 10.8. The maximum Gasteiger partial charge on any atom is 0.0786 e. The normalized spacial score (nSPS) is 17.2. The van der Waals surface area contributed by atoms with Crippen molar-refractivity contribution in [3.05, 3.63) is 0 Å². The molecule has 1 aliphatic rings. The molecule has 1 N–H and O–H groups in total. The van der Waals surface area contributed by atoms with Gasteiger partial charge >= 0.3 is 0 Å². The van der Waals surface area contributed by atoms with E-state index in [9.17, 15) is 9.90 Å². The quantitative estimate of drug-likeness (QED) is 0.514. The summed E-state index contributed by atoms with van der Waals surface area (Å²) in [6, 6.07) is -0.380. The number of hydrogen-bond donors (Lipinski definition) is 1. The van der Waals surface area contributed by atoms with E-state index in [-0.39, 0.29) is 6.04 Å². The largest absolute Gasteiger partial charge is 0.548 e. The summed E-state index contributed by atoms with van der Waals surface area (Å²) in [5.41, 5.74) is 0. The van der Waals surface area contributed by atoms with Gasteiger partial charge in [-0.2, -0.15) is 0 Å². The van der Waals surface area contributed by atoms with E-state index in [1.165, 1.54) is 82.0 Å². The summed E-state index contributed by atoms with van der Waals surface area (Å²) in [4.78, 5) is 10.0. The van der Waals surface area contributed by atoms with Gasteiger partial charge in [-0.15, -0.1) is 0 Å². The Morgan fingerprint density at radius 1 is 0.880 bits per heavy atom. The van der Waals surface area contributed by atoms with Crippen molar-refractivity contribution in [1.29, 1.82) is 0 Å². The fourth-order valence-corrected chi connectivity index (χ4v) is 3.53. The average Bonchev–Trinajstić information content (AvgIpc) is 3.16. The Morgan fingerprint density at radius 2 is 1.28 bits per heavy atom. The smallest absolute Gasteiger partial charge is 0.0786 e. The highest BCUT2D eigenvalue weighted by Crippen LogP contribution is 2.16. The number of nitrogens with one attached hydrogen (secondary N) is 1. The van der Waals surface area contributed by atoms with Gasteiger partial charge in [0.1, 0.15) is 0 Å². The van der Waals surface area contributed by atoms with Gasteiger partial charge in [-0.05, 0) is 45.1 Å². The zero-order valence-electron chi connectivity index (χ0n) is 17.4. The van der Waals surface area contributed by atoms with Crippen molar-refractivity contribution in [1.82, 2.24) is 5.32 Å². The molecule has 0 aromatic rings. The third-order valence-electron chi connectivity index (χ3n) is 5.29. The van der Waals surface area contributed by atoms with E-state index in [0.717, 1.165) is 19.4 Å². The monoisotopic (exact) mass is 356 g/mol. The van der Waals surface area contributed by atoms with Crippen molar-refractivity contribution < 1.29 is 14.4 Å². The summed E-state index contributed by atoms with van der Waals surface area (Å²) >= 11 is 0. The third kappa shape index (κ3) is 11.6. The molecule has 25 heavy (non-hydrogen) atoms. The number of carboxylic acid groups (broad SMARTS) is 1. The van der Waals surface area contributed by atoms with Crippen LogP contribution in [0.15, 0.2) is 0 Å². The fourth-order valence-electron chi connectivity index (χ4n) is 3.53. The minimum Gasteiger partial charge on any atom is -0.548 e. The van der Waals surface area contributed by atoms with Crippen molar-refractivity contribution in [2.24, 2.45) is 0 Å². The Kier molecular flexibility index (Phi) is 15.2. The minimum atomic E-state index is -0.970. The maximum absolute atomic E-state index is 10.0. The molecule has 1 fully saturated rings. The summed E-state index contributed by atoms with van der Waals surface area (Å²) < 4.78 is 1.42. The van der Waals surface area contributed by atoms with Crippen LogP contribution in [0.2, 0.25) is 0 Å². The Balaban J connectivity index is 0.000000593. The summed E-state index contributed by atoms with van der Waals surface area (Å²) in [5.74, 6) is -0.970. The minimum absolute atomic E-state index is 0.380. The first-order chi connectivity index (χ1) is 12.0. The molecule has 0 aromatic heterocycles. The molecular formula is C21H44N2O2. The molecule has 0 aliphatic carbocycles. The number of nitrogens with zero attached hydrogens (tertiary/aromatic N) is 1. The van der Waals surface area contributed by atoms with Crippen LogP contribution in [0.25, 0.3) is 0 Å². The summed E-state index contributed by atoms with van der Waals surface area (Å²) in [6.07, 6.45) is 12.7. The molecule has 0 unspecified atom stereocenters. The third-order valence-corrected chi connectivity index (χ3v) is 5.29. The topological polar surface area (TPSA) is 52.2 Å². The van der Waals surface area contributed by atoms with Crippen LogP contribution < -0.4 is 10.4 Å². The molecule has 0 spiro atoms. The molecule has 1 atom stereocenters. The zero-order valence-corrected chi connectivity index (χ0v) is 17.4. The van der Waals surface area contributed by atoms with Crippen LogP contribution in [0.1, 0.15) is 91.9 Å². The Hall–Kier alpha value is -0.610. The molecule has 4 nitrogen and oxygen atoms in total. The van der Waals surface area contributed by atoms with Crippen LogP contribution in [0, 0.1) is 0 Å². The Bertz CT molecular complexity index is 278. The lowest BCUT2D eigenvalue weighted by Crippen LogP contribution is -2.50. The summed E-state index contributed by atoms with van der Waals surface area (Å²) in [7, 11) is 0. The molecule has 150 valence electrons. The average molecular weight is 357 g/mol. The SMILES string of the molecule is CCCC[N+](CCCC)(CCCC)CCCC.O=C([O-])[C@@H]1CCCN1. The number of hydrogen-bond acceptors (Lipinski definition) is 3. The zero-order chi connectivity index (χ0) is 19.0. The van der Waals surface area contributed by atoms with E-state index in [4.69, 9.17) is 0 Å². The molecule has 4 heteroatoms. The Labute approximate surface area is 157 Å². The second-order valence-electron chi connectivity index (χ2n) is 7.62. The van der Waals surface area contributed by atoms with Crippen LogP contribution in [0.3, 0.4) is 0 Å². The standard InChI is InChI=1S/C16H36N.C5H9NO2/c1-5-9-13-17(14-10-6-2,15-11-7-3)16-12-8-4;7-5(8)4-2-1-3-6-4/h5-16H2,1-4H3;4,6H,1-3H2,(H,7,8)/q+1;/p-1/t;4-/m.0/s1. The fraction of sp³-hybridized carbons (Fsp3) is 0.952. The lowest BCUT2D eigenvalue weighted by molar-refractivity contribution is -0.929. The number of carboxylic acids is 1. The maximum atomic E-state index is 10.0. The van der Waals surface area contributed by atoms with Gasteiger partial charge in [-0.1, -0.05) is 53.4 Å². The van der Waals surface area contributed by atoms with E-state index in [1.54, 1.807) is 0 Å². The highest BCUT2D eigenvalue weighted by atomic mass is 16.4. The lowest BCUT2D eigenvalue weighted by atomic mass is 10.1. The van der Waals surface area contributed by atoms with E-state index in [1.807, 2.05) is 0 Å². The van der Waals surface area contributed by atoms with Crippen molar-refractivity contribution in [3.8, 4) is 0 Å². The first kappa shape index (κ1) is 24.4. The highest BCUT2D eigenvalue weighted by Gasteiger charge is 2.24. The van der Waals surface area contributed by atoms with Gasteiger partial charge in [-0.3, -0.25) is 0 Å². The molecule has 1 rings (SSSR count). The molecule has 1 aliphatic heterocycles. The van der Waals surface area contributed by atoms with E-state index >= 15 is 0 Å². The van der Waals surface area contributed by atoms with E-state index < -0.39 is 5.97 Å². The van der Waals surface area contributed by atoms with Gasteiger partial charge in [0.05, 0.1) is 32.1 Å². The van der Waals surface area contributed by atoms with Crippen LogP contribution in [-0.2, 0) is 4.79 Å². The molecule has 1 heterocycles. The summed E-state index contributed by atoms with van der Waals surface area (Å²) in [6.45, 7) is 15.8. The molecule has 0 saturated carbocycles. The molecule has 0 bridgehead atoms. The van der Waals surface area contributed by atoms with E-state index in [2.05, 4.69) is 33.0 Å². The van der Waals surface area contributed by atoms with Crippen LogP contribution in [0.4, 0.5) is 0 Å². The van der Waals surface area contributed by atoms with Gasteiger partial charge in [0.25, 0.3) is 0 Å². The van der Waals surface area contributed by atoms with Crippen LogP contribution >= 0.6 is 0 Å². The van der Waals surface area contributed by atoms with E-state index in [0.29, 0.717) is 0 Å². The number of unbranched alkanes of at least 4 members (excludes halogenated alkanes) is 4. The lowest BCUT2D eigenvalue weighted by Gasteiger charge is -2.39. The van der Waals surface area contributed by atoms with Crippen molar-refractivity contribution in [2.75, 3.05) is 32.7 Å². The van der Waals surface area contributed by atoms with Crippen molar-refractivity contribution >= 4 is 5.97 Å². The summed E-state index contributed by atoms with van der Waals surface area (Å²) in [5, 5.41) is 12.8. The van der Waals surface area contributed by atoms with Crippen LogP contribution in [-0.4, -0.2) is 49.2 Å². The van der Waals surface area contributed by atoms with Gasteiger partial charge in [0, 0.05) is 6.04 Å². The number of carbonyl (C=O) groups excluding carboxylic acids is 1. The Morgan fingerprint density at radius 3 is 1.48 bits per heavy atom. The second kappa shape index (κ2) is 15.6. The van der Waals surface area contributed by atoms with Crippen molar-refractivity contribution in [3.63, 3.8) is 0 Å². The van der Waals surface area contributed by atoms with Crippen LogP contribution in [0.5, 0.6) is 0 Å². The first-order valence-corrected chi connectivity index (χ1v) is 10.8. The predicted octanol–water partition coefficient (Wildman–Crippen LogP) is 3.49. The van der Waals surface area contributed by atoms with Gasteiger partial charge in [-0.25, -0.2) is 0 Å². The predicted molar refractivity (Wildman–Crippen MR) is 105 cm³/mol. The van der Waals surface area contributed by atoms with Gasteiger partial charge < -0.3 is 19.7 Å². The van der Waals surface area contributed by atoms with Gasteiger partial charge in [0.15, 0.2) is 0 Å². The second-order valence-corrected chi connectivity index (χ2v) is 7.62. The molecule has 0 radical (unpaired) electrons.